The molecule has 0 atom stereocenters. The molecule has 0 saturated carbocycles. The first-order valence-corrected chi connectivity index (χ1v) is 6.57. The number of amides is 1. The summed E-state index contributed by atoms with van der Waals surface area (Å²) in [5, 5.41) is 2.28. The first-order chi connectivity index (χ1) is 9.77. The van der Waals surface area contributed by atoms with Crippen molar-refractivity contribution in [2.45, 2.75) is 11.1 Å². The zero-order chi connectivity index (χ0) is 15.6. The SMILES string of the molecule is O=C(Nc1ccc(C(F)(F)F)cc1Cl)c1cccc(S)c1. The van der Waals surface area contributed by atoms with E-state index < -0.39 is 17.6 Å². The van der Waals surface area contributed by atoms with E-state index in [4.69, 9.17) is 11.6 Å². The second kappa shape index (κ2) is 5.99. The maximum Gasteiger partial charge on any atom is 0.416 e. The van der Waals surface area contributed by atoms with Gasteiger partial charge in [0.05, 0.1) is 16.3 Å². The Morgan fingerprint density at radius 1 is 1.14 bits per heavy atom. The molecule has 0 saturated heterocycles. The number of thiol groups is 1. The summed E-state index contributed by atoms with van der Waals surface area (Å²) >= 11 is 9.88. The van der Waals surface area contributed by atoms with Crippen LogP contribution in [-0.4, -0.2) is 5.91 Å². The summed E-state index contributed by atoms with van der Waals surface area (Å²) < 4.78 is 37.6. The van der Waals surface area contributed by atoms with Gasteiger partial charge in [-0.1, -0.05) is 17.7 Å². The fourth-order valence-corrected chi connectivity index (χ4v) is 2.09. The Morgan fingerprint density at radius 2 is 1.86 bits per heavy atom. The van der Waals surface area contributed by atoms with Crippen LogP contribution in [0.25, 0.3) is 0 Å². The predicted molar refractivity (Wildman–Crippen MR) is 78.1 cm³/mol. The van der Waals surface area contributed by atoms with Gasteiger partial charge in [0.1, 0.15) is 0 Å². The second-order valence-electron chi connectivity index (χ2n) is 4.20. The summed E-state index contributed by atoms with van der Waals surface area (Å²) in [5.41, 5.74) is -0.430. The Balaban J connectivity index is 2.22. The molecule has 1 N–H and O–H groups in total. The van der Waals surface area contributed by atoms with Gasteiger partial charge in [0, 0.05) is 10.5 Å². The predicted octanol–water partition coefficient (Wildman–Crippen LogP) is 4.90. The van der Waals surface area contributed by atoms with Gasteiger partial charge in [-0.25, -0.2) is 0 Å². The van der Waals surface area contributed by atoms with E-state index in [1.54, 1.807) is 18.2 Å². The van der Waals surface area contributed by atoms with Crippen LogP contribution in [0.4, 0.5) is 18.9 Å². The molecular formula is C14H9ClF3NOS. The number of nitrogens with one attached hydrogen (secondary N) is 1. The van der Waals surface area contributed by atoms with Crippen molar-refractivity contribution in [2.24, 2.45) is 0 Å². The molecule has 0 unspecified atom stereocenters. The zero-order valence-corrected chi connectivity index (χ0v) is 12.1. The minimum absolute atomic E-state index is 0.110. The topological polar surface area (TPSA) is 29.1 Å². The van der Waals surface area contributed by atoms with E-state index in [0.717, 1.165) is 18.2 Å². The second-order valence-corrected chi connectivity index (χ2v) is 5.12. The maximum atomic E-state index is 12.5. The van der Waals surface area contributed by atoms with E-state index in [-0.39, 0.29) is 10.7 Å². The van der Waals surface area contributed by atoms with Crippen LogP contribution < -0.4 is 5.32 Å². The van der Waals surface area contributed by atoms with Gasteiger partial charge in [-0.2, -0.15) is 13.2 Å². The Hall–Kier alpha value is -1.66. The highest BCUT2D eigenvalue weighted by Crippen LogP contribution is 2.33. The standard InChI is InChI=1S/C14H9ClF3NOS/c15-11-7-9(14(16,17)18)4-5-12(11)19-13(20)8-2-1-3-10(21)6-8/h1-7,21H,(H,19,20). The number of alkyl halides is 3. The molecule has 7 heteroatoms. The normalized spacial score (nSPS) is 11.3. The molecule has 21 heavy (non-hydrogen) atoms. The Morgan fingerprint density at radius 3 is 2.43 bits per heavy atom. The average molecular weight is 332 g/mol. The first-order valence-electron chi connectivity index (χ1n) is 5.74. The monoisotopic (exact) mass is 331 g/mol. The fraction of sp³-hybridized carbons (Fsp3) is 0.0714. The van der Waals surface area contributed by atoms with E-state index >= 15 is 0 Å². The quantitative estimate of drug-likeness (QED) is 0.753. The number of benzene rings is 2. The highest BCUT2D eigenvalue weighted by molar-refractivity contribution is 7.80. The van der Waals surface area contributed by atoms with Crippen LogP contribution in [0.2, 0.25) is 5.02 Å². The molecule has 1 amide bonds. The van der Waals surface area contributed by atoms with Crippen LogP contribution in [0.1, 0.15) is 15.9 Å². The summed E-state index contributed by atoms with van der Waals surface area (Å²) in [7, 11) is 0. The van der Waals surface area contributed by atoms with Gasteiger partial charge in [-0.15, -0.1) is 12.6 Å². The van der Waals surface area contributed by atoms with Crippen molar-refractivity contribution in [3.63, 3.8) is 0 Å². The molecule has 0 aliphatic carbocycles. The molecule has 0 aliphatic rings. The number of hydrogen-bond acceptors (Lipinski definition) is 2. The van der Waals surface area contributed by atoms with Crippen LogP contribution in [0.15, 0.2) is 47.4 Å². The first kappa shape index (κ1) is 15.7. The molecular weight excluding hydrogens is 323 g/mol. The fourth-order valence-electron chi connectivity index (χ4n) is 1.63. The molecule has 0 aromatic heterocycles. The number of halogens is 4. The molecule has 2 aromatic rings. The van der Waals surface area contributed by atoms with E-state index in [9.17, 15) is 18.0 Å². The molecule has 0 fully saturated rings. The third-order valence-corrected chi connectivity index (χ3v) is 3.24. The molecule has 0 aliphatic heterocycles. The van der Waals surface area contributed by atoms with Gasteiger partial charge >= 0.3 is 6.18 Å². The molecule has 2 rings (SSSR count). The lowest BCUT2D eigenvalue weighted by atomic mass is 10.1. The molecule has 0 heterocycles. The lowest BCUT2D eigenvalue weighted by Gasteiger charge is -2.11. The highest BCUT2D eigenvalue weighted by Gasteiger charge is 2.31. The smallest absolute Gasteiger partial charge is 0.321 e. The number of carbonyl (C=O) groups excluding carboxylic acids is 1. The van der Waals surface area contributed by atoms with Crippen molar-refractivity contribution in [3.8, 4) is 0 Å². The zero-order valence-electron chi connectivity index (χ0n) is 10.4. The molecule has 110 valence electrons. The van der Waals surface area contributed by atoms with Crippen molar-refractivity contribution in [2.75, 3.05) is 5.32 Å². The van der Waals surface area contributed by atoms with Gasteiger partial charge in [0.2, 0.25) is 0 Å². The Bertz CT molecular complexity index is 688. The molecule has 0 spiro atoms. The van der Waals surface area contributed by atoms with Gasteiger partial charge < -0.3 is 5.32 Å². The van der Waals surface area contributed by atoms with Crippen LogP contribution in [0, 0.1) is 0 Å². The summed E-state index contributed by atoms with van der Waals surface area (Å²) in [6.07, 6.45) is -4.48. The van der Waals surface area contributed by atoms with Crippen molar-refractivity contribution < 1.29 is 18.0 Å². The lowest BCUT2D eigenvalue weighted by Crippen LogP contribution is -2.13. The minimum Gasteiger partial charge on any atom is -0.321 e. The number of carbonyl (C=O) groups is 1. The third kappa shape index (κ3) is 3.92. The van der Waals surface area contributed by atoms with Gasteiger partial charge in [-0.3, -0.25) is 4.79 Å². The van der Waals surface area contributed by atoms with Crippen LogP contribution in [-0.2, 0) is 6.18 Å². The Labute approximate surface area is 129 Å². The van der Waals surface area contributed by atoms with Gasteiger partial charge in [0.25, 0.3) is 5.91 Å². The average Bonchev–Trinajstić information content (AvgIpc) is 2.39. The summed E-state index contributed by atoms with van der Waals surface area (Å²) in [5.74, 6) is -0.479. The van der Waals surface area contributed by atoms with E-state index in [1.165, 1.54) is 6.07 Å². The molecule has 0 bridgehead atoms. The van der Waals surface area contributed by atoms with E-state index in [1.807, 2.05) is 0 Å². The largest absolute Gasteiger partial charge is 0.416 e. The highest BCUT2D eigenvalue weighted by atomic mass is 35.5. The van der Waals surface area contributed by atoms with Crippen molar-refractivity contribution in [1.82, 2.24) is 0 Å². The third-order valence-electron chi connectivity index (χ3n) is 2.65. The summed E-state index contributed by atoms with van der Waals surface area (Å²) in [6, 6.07) is 9.19. The molecule has 2 aromatic carbocycles. The van der Waals surface area contributed by atoms with Crippen molar-refractivity contribution >= 4 is 35.8 Å². The molecule has 2 nitrogen and oxygen atoms in total. The number of anilines is 1. The number of rotatable bonds is 2. The van der Waals surface area contributed by atoms with Crippen LogP contribution >= 0.6 is 24.2 Å². The van der Waals surface area contributed by atoms with Crippen molar-refractivity contribution in [3.05, 3.63) is 58.6 Å². The maximum absolute atomic E-state index is 12.5. The van der Waals surface area contributed by atoms with Crippen LogP contribution in [0.3, 0.4) is 0 Å². The lowest BCUT2D eigenvalue weighted by molar-refractivity contribution is -0.137. The summed E-state index contributed by atoms with van der Waals surface area (Å²) in [6.45, 7) is 0. The van der Waals surface area contributed by atoms with Crippen molar-refractivity contribution in [1.29, 1.82) is 0 Å². The van der Waals surface area contributed by atoms with Gasteiger partial charge in [0.15, 0.2) is 0 Å². The minimum atomic E-state index is -4.48. The van der Waals surface area contributed by atoms with Gasteiger partial charge in [-0.05, 0) is 36.4 Å². The Kier molecular flexibility index (Phi) is 4.49. The van der Waals surface area contributed by atoms with Crippen LogP contribution in [0.5, 0.6) is 0 Å². The summed E-state index contributed by atoms with van der Waals surface area (Å²) in [4.78, 5) is 12.6. The van der Waals surface area contributed by atoms with E-state index in [2.05, 4.69) is 17.9 Å². The van der Waals surface area contributed by atoms with E-state index in [0.29, 0.717) is 10.5 Å². The molecule has 0 radical (unpaired) electrons. The number of hydrogen-bond donors (Lipinski definition) is 2.